The smallest absolute Gasteiger partial charge is 0.232 e. The van der Waals surface area contributed by atoms with Crippen molar-refractivity contribution < 1.29 is 4.79 Å². The Balaban J connectivity index is 2.20. The summed E-state index contributed by atoms with van der Waals surface area (Å²) in [6.07, 6.45) is 5.22. The minimum atomic E-state index is -0.164. The van der Waals surface area contributed by atoms with Crippen molar-refractivity contribution in [2.24, 2.45) is 5.41 Å². The second-order valence-corrected chi connectivity index (χ2v) is 5.36. The highest BCUT2D eigenvalue weighted by atomic mass is 16.2. The monoisotopic (exact) mass is 256 g/mol. The first-order valence-corrected chi connectivity index (χ1v) is 6.91. The molecule has 1 fully saturated rings. The lowest BCUT2D eigenvalue weighted by Crippen LogP contribution is -2.40. The summed E-state index contributed by atoms with van der Waals surface area (Å²) in [6.45, 7) is 2.11. The summed E-state index contributed by atoms with van der Waals surface area (Å²) in [5.74, 6) is 0.220. The summed E-state index contributed by atoms with van der Waals surface area (Å²) >= 11 is 0. The van der Waals surface area contributed by atoms with Crippen molar-refractivity contribution in [1.29, 1.82) is 5.26 Å². The van der Waals surface area contributed by atoms with Gasteiger partial charge in [0.25, 0.3) is 0 Å². The number of nitriles is 1. The van der Waals surface area contributed by atoms with E-state index in [9.17, 15) is 4.79 Å². The van der Waals surface area contributed by atoms with Crippen molar-refractivity contribution in [3.05, 3.63) is 29.8 Å². The Hall–Kier alpha value is -1.82. The predicted molar refractivity (Wildman–Crippen MR) is 75.8 cm³/mol. The summed E-state index contributed by atoms with van der Waals surface area (Å²) in [7, 11) is 1.83. The molecule has 100 valence electrons. The molecule has 1 aromatic carbocycles. The van der Waals surface area contributed by atoms with Crippen LogP contribution in [0.25, 0.3) is 0 Å². The van der Waals surface area contributed by atoms with Gasteiger partial charge in [0.15, 0.2) is 0 Å². The second-order valence-electron chi connectivity index (χ2n) is 5.36. The molecule has 0 bridgehead atoms. The van der Waals surface area contributed by atoms with Gasteiger partial charge in [0.1, 0.15) is 0 Å². The van der Waals surface area contributed by atoms with Crippen LogP contribution in [-0.2, 0) is 4.79 Å². The van der Waals surface area contributed by atoms with Crippen LogP contribution in [0.4, 0.5) is 5.69 Å². The Morgan fingerprint density at radius 3 is 2.37 bits per heavy atom. The molecular weight excluding hydrogens is 236 g/mol. The second kappa shape index (κ2) is 5.44. The Kier molecular flexibility index (Phi) is 3.90. The van der Waals surface area contributed by atoms with Gasteiger partial charge in [0, 0.05) is 18.2 Å². The molecule has 1 aliphatic carbocycles. The molecule has 0 aliphatic heterocycles. The van der Waals surface area contributed by atoms with Crippen LogP contribution in [0.3, 0.4) is 0 Å². The third-order valence-corrected chi connectivity index (χ3v) is 4.38. The van der Waals surface area contributed by atoms with Crippen LogP contribution in [0.5, 0.6) is 0 Å². The molecule has 3 heteroatoms. The summed E-state index contributed by atoms with van der Waals surface area (Å²) in [5.41, 5.74) is 1.32. The number of hydrogen-bond acceptors (Lipinski definition) is 2. The van der Waals surface area contributed by atoms with E-state index in [0.29, 0.717) is 5.56 Å². The Labute approximate surface area is 114 Å². The molecule has 19 heavy (non-hydrogen) atoms. The van der Waals surface area contributed by atoms with E-state index in [-0.39, 0.29) is 11.3 Å². The number of carbonyl (C=O) groups excluding carboxylic acids is 1. The lowest BCUT2D eigenvalue weighted by Gasteiger charge is -2.31. The molecule has 1 aliphatic rings. The zero-order chi connectivity index (χ0) is 13.9. The Morgan fingerprint density at radius 2 is 1.89 bits per heavy atom. The predicted octanol–water partition coefficient (Wildman–Crippen LogP) is 3.49. The quantitative estimate of drug-likeness (QED) is 0.831. The molecule has 2 rings (SSSR count). The minimum absolute atomic E-state index is 0.164. The lowest BCUT2D eigenvalue weighted by atomic mass is 9.82. The molecule has 1 aromatic rings. The zero-order valence-electron chi connectivity index (χ0n) is 11.6. The van der Waals surface area contributed by atoms with E-state index < -0.39 is 0 Å². The highest BCUT2D eigenvalue weighted by molar-refractivity contribution is 5.97. The fraction of sp³-hybridized carbons (Fsp3) is 0.500. The number of rotatable bonds is 3. The van der Waals surface area contributed by atoms with Gasteiger partial charge in [-0.2, -0.15) is 5.26 Å². The molecule has 1 amide bonds. The van der Waals surface area contributed by atoms with Crippen LogP contribution >= 0.6 is 0 Å². The van der Waals surface area contributed by atoms with Crippen molar-refractivity contribution in [3.63, 3.8) is 0 Å². The molecular formula is C16H20N2O. The number of amides is 1. The molecule has 0 spiro atoms. The first-order chi connectivity index (χ1) is 9.13. The maximum atomic E-state index is 12.7. The maximum Gasteiger partial charge on any atom is 0.232 e. The van der Waals surface area contributed by atoms with Crippen LogP contribution in [0.1, 0.15) is 44.6 Å². The van der Waals surface area contributed by atoms with Gasteiger partial charge < -0.3 is 4.90 Å². The standard InChI is InChI=1S/C16H20N2O/c1-3-16(10-4-5-11-16)15(19)18(2)14-8-6-13(12-17)7-9-14/h6-9H,3-5,10-11H2,1-2H3. The Morgan fingerprint density at radius 1 is 1.32 bits per heavy atom. The average molecular weight is 256 g/mol. The summed E-state index contributed by atoms with van der Waals surface area (Å²) in [5, 5.41) is 8.80. The largest absolute Gasteiger partial charge is 0.315 e. The van der Waals surface area contributed by atoms with Crippen LogP contribution in [-0.4, -0.2) is 13.0 Å². The summed E-state index contributed by atoms with van der Waals surface area (Å²) in [4.78, 5) is 14.5. The minimum Gasteiger partial charge on any atom is -0.315 e. The van der Waals surface area contributed by atoms with E-state index in [1.54, 1.807) is 17.0 Å². The maximum absolute atomic E-state index is 12.7. The van der Waals surface area contributed by atoms with Crippen molar-refractivity contribution in [2.75, 3.05) is 11.9 Å². The lowest BCUT2D eigenvalue weighted by molar-refractivity contribution is -0.127. The number of carbonyl (C=O) groups is 1. The van der Waals surface area contributed by atoms with Gasteiger partial charge in [-0.25, -0.2) is 0 Å². The van der Waals surface area contributed by atoms with Crippen molar-refractivity contribution in [3.8, 4) is 6.07 Å². The van der Waals surface area contributed by atoms with E-state index in [4.69, 9.17) is 5.26 Å². The van der Waals surface area contributed by atoms with Gasteiger partial charge in [0.2, 0.25) is 5.91 Å². The molecule has 0 unspecified atom stereocenters. The molecule has 0 atom stereocenters. The number of nitrogens with zero attached hydrogens (tertiary/aromatic N) is 2. The van der Waals surface area contributed by atoms with Gasteiger partial charge in [-0.3, -0.25) is 4.79 Å². The van der Waals surface area contributed by atoms with Crippen molar-refractivity contribution >= 4 is 11.6 Å². The normalized spacial score (nSPS) is 16.9. The summed E-state index contributed by atoms with van der Waals surface area (Å²) < 4.78 is 0. The Bertz CT molecular complexity index is 492. The van der Waals surface area contributed by atoms with E-state index >= 15 is 0 Å². The van der Waals surface area contributed by atoms with Gasteiger partial charge >= 0.3 is 0 Å². The van der Waals surface area contributed by atoms with Crippen LogP contribution in [0, 0.1) is 16.7 Å². The van der Waals surface area contributed by atoms with Crippen LogP contribution in [0.2, 0.25) is 0 Å². The average Bonchev–Trinajstić information content (AvgIpc) is 2.96. The van der Waals surface area contributed by atoms with E-state index in [0.717, 1.165) is 37.8 Å². The number of benzene rings is 1. The van der Waals surface area contributed by atoms with Crippen LogP contribution in [0.15, 0.2) is 24.3 Å². The molecule has 0 N–H and O–H groups in total. The number of hydrogen-bond donors (Lipinski definition) is 0. The third kappa shape index (κ3) is 2.49. The topological polar surface area (TPSA) is 44.1 Å². The fourth-order valence-electron chi connectivity index (χ4n) is 3.00. The van der Waals surface area contributed by atoms with Gasteiger partial charge in [-0.05, 0) is 43.5 Å². The van der Waals surface area contributed by atoms with Crippen LogP contribution < -0.4 is 4.90 Å². The third-order valence-electron chi connectivity index (χ3n) is 4.38. The molecule has 0 saturated heterocycles. The van der Waals surface area contributed by atoms with E-state index in [1.807, 2.05) is 19.2 Å². The first-order valence-electron chi connectivity index (χ1n) is 6.91. The molecule has 0 radical (unpaired) electrons. The highest BCUT2D eigenvalue weighted by Gasteiger charge is 2.41. The summed E-state index contributed by atoms with van der Waals surface area (Å²) in [6, 6.07) is 9.29. The molecule has 0 heterocycles. The molecule has 3 nitrogen and oxygen atoms in total. The van der Waals surface area contributed by atoms with Gasteiger partial charge in [0.05, 0.1) is 11.6 Å². The van der Waals surface area contributed by atoms with Gasteiger partial charge in [-0.15, -0.1) is 0 Å². The SMILES string of the molecule is CCC1(C(=O)N(C)c2ccc(C#N)cc2)CCCC1. The molecule has 1 saturated carbocycles. The van der Waals surface area contributed by atoms with Crippen molar-refractivity contribution in [1.82, 2.24) is 0 Å². The first kappa shape index (κ1) is 13.6. The van der Waals surface area contributed by atoms with Gasteiger partial charge in [-0.1, -0.05) is 19.8 Å². The van der Waals surface area contributed by atoms with Crippen molar-refractivity contribution in [2.45, 2.75) is 39.0 Å². The zero-order valence-corrected chi connectivity index (χ0v) is 11.6. The highest BCUT2D eigenvalue weighted by Crippen LogP contribution is 2.42. The van der Waals surface area contributed by atoms with E-state index in [1.165, 1.54) is 0 Å². The van der Waals surface area contributed by atoms with E-state index in [2.05, 4.69) is 13.0 Å². The fourth-order valence-corrected chi connectivity index (χ4v) is 3.00. The number of anilines is 1. The molecule has 0 aromatic heterocycles.